The third-order valence-electron chi connectivity index (χ3n) is 7.50. The van der Waals surface area contributed by atoms with E-state index in [9.17, 15) is 0 Å². The third-order valence-corrected chi connectivity index (χ3v) is 7.50. The van der Waals surface area contributed by atoms with Crippen LogP contribution in [0.1, 0.15) is 54.5 Å². The summed E-state index contributed by atoms with van der Waals surface area (Å²) < 4.78 is 41.0. The molecule has 280 valence electrons. The van der Waals surface area contributed by atoms with Gasteiger partial charge in [0.2, 0.25) is 13.6 Å². The van der Waals surface area contributed by atoms with Crippen LogP contribution in [0.3, 0.4) is 0 Å². The Morgan fingerprint density at radius 2 is 1.35 bits per heavy atom. The summed E-state index contributed by atoms with van der Waals surface area (Å²) in [7, 11) is 0. The van der Waals surface area contributed by atoms with Crippen LogP contribution in [0.2, 0.25) is 0 Å². The van der Waals surface area contributed by atoms with Crippen LogP contribution in [-0.2, 0) is 14.2 Å². The normalized spacial score (nSPS) is 12.3. The van der Waals surface area contributed by atoms with Gasteiger partial charge in [-0.3, -0.25) is 0 Å². The Hall–Kier alpha value is -4.82. The first-order valence-electron chi connectivity index (χ1n) is 17.3. The minimum Gasteiger partial charge on any atom is -1.00 e. The molecular weight excluding hydrogens is 688 g/mol. The van der Waals surface area contributed by atoms with Crippen molar-refractivity contribution < 1.29 is 50.1 Å². The molecule has 5 aromatic rings. The molecule has 0 spiro atoms. The average Bonchev–Trinajstić information content (AvgIpc) is 3.88. The van der Waals surface area contributed by atoms with E-state index in [2.05, 4.69) is 69.8 Å². The van der Waals surface area contributed by atoms with Gasteiger partial charge in [0.1, 0.15) is 5.69 Å². The molecule has 14 heteroatoms. The van der Waals surface area contributed by atoms with Gasteiger partial charge in [0.05, 0.1) is 11.7 Å². The lowest BCUT2D eigenvalue weighted by Crippen LogP contribution is -3.00. The first-order chi connectivity index (χ1) is 24.8. The first kappa shape index (κ1) is 40.0. The Bertz CT molecular complexity index is 1840. The van der Waals surface area contributed by atoms with Crippen LogP contribution in [0.25, 0.3) is 16.9 Å². The van der Waals surface area contributed by atoms with Crippen LogP contribution in [0, 0.1) is 0 Å². The highest BCUT2D eigenvalue weighted by Crippen LogP contribution is 2.36. The Morgan fingerprint density at radius 1 is 0.750 bits per heavy atom. The highest BCUT2D eigenvalue weighted by atomic mass is 35.5. The van der Waals surface area contributed by atoms with Crippen molar-refractivity contribution in [2.45, 2.75) is 67.0 Å². The Balaban J connectivity index is 0.000000184. The molecule has 7 rings (SSSR count). The Kier molecular flexibility index (Phi) is 15.1. The SMILES string of the molecule is CC(C)Nc1cccnc1Nc1ccc2c(c1)OCO2.CC(C)[n+]1cn(-c2ccc3c(c2)OCO3)c2ncccc21.CCOC(OCC)OCC.[Cl-]. The number of imidazole rings is 1. The molecule has 52 heavy (non-hydrogen) atoms. The van der Waals surface area contributed by atoms with E-state index in [1.54, 1.807) is 6.20 Å². The lowest BCUT2D eigenvalue weighted by molar-refractivity contribution is -0.691. The maximum atomic E-state index is 5.46. The van der Waals surface area contributed by atoms with Gasteiger partial charge < -0.3 is 56.2 Å². The molecule has 13 nitrogen and oxygen atoms in total. The van der Waals surface area contributed by atoms with Crippen molar-refractivity contribution >= 4 is 28.4 Å². The number of halogens is 1. The predicted octanol–water partition coefficient (Wildman–Crippen LogP) is 4.38. The first-order valence-corrected chi connectivity index (χ1v) is 17.3. The molecule has 2 aliphatic rings. The van der Waals surface area contributed by atoms with Gasteiger partial charge in [-0.25, -0.2) is 14.5 Å². The smallest absolute Gasteiger partial charge is 0.273 e. The summed E-state index contributed by atoms with van der Waals surface area (Å²) in [5.41, 5.74) is 4.96. The summed E-state index contributed by atoms with van der Waals surface area (Å²) in [6.07, 6.45) is 5.66. The molecule has 0 radical (unpaired) electrons. The second-order valence-corrected chi connectivity index (χ2v) is 11.9. The maximum absolute atomic E-state index is 5.46. The van der Waals surface area contributed by atoms with Gasteiger partial charge in [-0.2, -0.15) is 4.57 Å². The number of hydrogen-bond donors (Lipinski definition) is 2. The van der Waals surface area contributed by atoms with Crippen molar-refractivity contribution in [3.8, 4) is 28.7 Å². The van der Waals surface area contributed by atoms with Gasteiger partial charge in [-0.1, -0.05) is 0 Å². The lowest BCUT2D eigenvalue weighted by Gasteiger charge is -2.15. The van der Waals surface area contributed by atoms with Gasteiger partial charge in [0.15, 0.2) is 34.3 Å². The van der Waals surface area contributed by atoms with Gasteiger partial charge in [-0.15, -0.1) is 0 Å². The molecule has 0 unspecified atom stereocenters. The monoisotopic (exact) mass is 736 g/mol. The van der Waals surface area contributed by atoms with E-state index in [1.807, 2.05) is 81.6 Å². The number of fused-ring (bicyclic) bond motifs is 3. The summed E-state index contributed by atoms with van der Waals surface area (Å²) in [5.74, 6) is 3.89. The van der Waals surface area contributed by atoms with Crippen molar-refractivity contribution in [2.75, 3.05) is 44.0 Å². The zero-order valence-corrected chi connectivity index (χ0v) is 31.6. The Morgan fingerprint density at radius 3 is 1.98 bits per heavy atom. The number of aromatic nitrogens is 4. The van der Waals surface area contributed by atoms with Crippen LogP contribution in [0.5, 0.6) is 23.0 Å². The minimum atomic E-state index is -0.472. The summed E-state index contributed by atoms with van der Waals surface area (Å²) in [4.78, 5) is 8.90. The van der Waals surface area contributed by atoms with E-state index >= 15 is 0 Å². The summed E-state index contributed by atoms with van der Waals surface area (Å²) >= 11 is 0. The van der Waals surface area contributed by atoms with Crippen LogP contribution >= 0.6 is 0 Å². The zero-order valence-electron chi connectivity index (χ0n) is 30.8. The zero-order chi connectivity index (χ0) is 36.2. The van der Waals surface area contributed by atoms with Crippen LogP contribution in [0.15, 0.2) is 79.4 Å². The summed E-state index contributed by atoms with van der Waals surface area (Å²) in [6, 6.07) is 20.4. The number of nitrogens with one attached hydrogen (secondary N) is 2. The standard InChI is InChI=1S/C16H16N3O2.C15H17N3O2.C7H16O3.ClH/c1-11(2)18-9-19(16-13(18)4-3-7-17-16)12-5-6-14-15(8-12)21-10-20-14;1-10(2)17-12-4-3-7-16-15(12)18-11-5-6-13-14(8-11)20-9-19-13;1-4-8-7(9-5-2)10-6-3;/h3-9,11H,10H2,1-2H3;3-8,10,17H,9H2,1-2H3,(H,16,18);7H,4-6H2,1-3H3;1H/q+1;;;/p-1. The van der Waals surface area contributed by atoms with E-state index in [-0.39, 0.29) is 26.0 Å². The average molecular weight is 737 g/mol. The fourth-order valence-electron chi connectivity index (χ4n) is 5.25. The molecule has 2 aromatic carbocycles. The molecular formula is C38H49ClN6O7. The molecule has 0 fully saturated rings. The molecule has 0 saturated carbocycles. The summed E-state index contributed by atoms with van der Waals surface area (Å²) in [5, 5.41) is 6.66. The van der Waals surface area contributed by atoms with E-state index in [0.29, 0.717) is 31.9 Å². The number of ether oxygens (including phenoxy) is 7. The van der Waals surface area contributed by atoms with Crippen molar-refractivity contribution in [1.82, 2.24) is 14.5 Å². The number of anilines is 3. The van der Waals surface area contributed by atoms with E-state index in [4.69, 9.17) is 33.2 Å². The quantitative estimate of drug-likeness (QED) is 0.140. The molecule has 0 bridgehead atoms. The maximum Gasteiger partial charge on any atom is 0.273 e. The number of benzene rings is 2. The van der Waals surface area contributed by atoms with E-state index < -0.39 is 6.48 Å². The second kappa shape index (κ2) is 19.7. The van der Waals surface area contributed by atoms with Gasteiger partial charge >= 0.3 is 0 Å². The molecule has 2 N–H and O–H groups in total. The highest BCUT2D eigenvalue weighted by molar-refractivity contribution is 5.72. The van der Waals surface area contributed by atoms with Crippen molar-refractivity contribution in [3.63, 3.8) is 0 Å². The molecule has 0 aliphatic carbocycles. The highest BCUT2D eigenvalue weighted by Gasteiger charge is 2.22. The van der Waals surface area contributed by atoms with Crippen molar-refractivity contribution in [2.24, 2.45) is 0 Å². The molecule has 0 saturated heterocycles. The van der Waals surface area contributed by atoms with Gasteiger partial charge in [-0.05, 0) is 97.0 Å². The number of pyridine rings is 2. The van der Waals surface area contributed by atoms with Crippen molar-refractivity contribution in [3.05, 3.63) is 79.4 Å². The van der Waals surface area contributed by atoms with Crippen LogP contribution < -0.4 is 46.6 Å². The minimum absolute atomic E-state index is 0. The van der Waals surface area contributed by atoms with E-state index in [1.165, 1.54) is 0 Å². The fourth-order valence-corrected chi connectivity index (χ4v) is 5.25. The number of hydrogen-bond acceptors (Lipinski definition) is 11. The molecule has 3 aromatic heterocycles. The topological polar surface area (TPSA) is 123 Å². The molecule has 0 amide bonds. The van der Waals surface area contributed by atoms with Crippen LogP contribution in [0.4, 0.5) is 17.2 Å². The third kappa shape index (κ3) is 10.4. The van der Waals surface area contributed by atoms with Crippen molar-refractivity contribution in [1.29, 1.82) is 0 Å². The van der Waals surface area contributed by atoms with Gasteiger partial charge in [0, 0.05) is 56.1 Å². The number of rotatable bonds is 12. The fraction of sp³-hybridized carbons (Fsp3) is 0.395. The van der Waals surface area contributed by atoms with Gasteiger partial charge in [0.25, 0.3) is 18.5 Å². The molecule has 0 atom stereocenters. The van der Waals surface area contributed by atoms with E-state index in [0.717, 1.165) is 57.0 Å². The second-order valence-electron chi connectivity index (χ2n) is 11.9. The predicted molar refractivity (Wildman–Crippen MR) is 195 cm³/mol. The summed E-state index contributed by atoms with van der Waals surface area (Å²) in [6.45, 7) is 16.2. The lowest BCUT2D eigenvalue weighted by atomic mass is 10.2. The number of nitrogens with zero attached hydrogens (tertiary/aromatic N) is 4. The Labute approximate surface area is 311 Å². The molecule has 2 aliphatic heterocycles. The molecule has 5 heterocycles. The van der Waals surface area contributed by atoms with Crippen LogP contribution in [-0.4, -0.2) is 60.5 Å². The largest absolute Gasteiger partial charge is 1.00 e.